The molecule has 1 heterocycles. The van der Waals surface area contributed by atoms with Crippen molar-refractivity contribution in [3.05, 3.63) is 21.7 Å². The van der Waals surface area contributed by atoms with Gasteiger partial charge in [0.15, 0.2) is 0 Å². The summed E-state index contributed by atoms with van der Waals surface area (Å²) in [6, 6.07) is 0. The molecule has 16 heavy (non-hydrogen) atoms. The fourth-order valence-electron chi connectivity index (χ4n) is 2.04. The quantitative estimate of drug-likeness (QED) is 0.743. The van der Waals surface area contributed by atoms with E-state index in [0.717, 1.165) is 39.7 Å². The van der Waals surface area contributed by atoms with Gasteiger partial charge in [-0.25, -0.2) is 0 Å². The van der Waals surface area contributed by atoms with E-state index in [1.807, 2.05) is 13.8 Å². The lowest BCUT2D eigenvalue weighted by molar-refractivity contribution is 0.115. The molecule has 0 saturated heterocycles. The van der Waals surface area contributed by atoms with Gasteiger partial charge in [-0.1, -0.05) is 11.6 Å². The number of hydrogen-bond donors (Lipinski definition) is 1. The smallest absolute Gasteiger partial charge is 0.146 e. The summed E-state index contributed by atoms with van der Waals surface area (Å²) < 4.78 is 6.05. The summed E-state index contributed by atoms with van der Waals surface area (Å²) in [5, 5.41) is 4.26. The fraction of sp³-hybridized carbons (Fsp3) is 0.538. The average Bonchev–Trinajstić information content (AvgIpc) is 2.22. The van der Waals surface area contributed by atoms with Crippen LogP contribution in [-0.4, -0.2) is 12.1 Å². The Bertz CT molecular complexity index is 452. The Morgan fingerprint density at radius 1 is 1.12 bits per heavy atom. The van der Waals surface area contributed by atoms with Crippen molar-refractivity contribution < 1.29 is 4.74 Å². The molecule has 1 aromatic rings. The van der Waals surface area contributed by atoms with Crippen LogP contribution in [0.3, 0.4) is 0 Å². The number of benzene rings is 1. The molecule has 0 aliphatic carbocycles. The highest BCUT2D eigenvalue weighted by Crippen LogP contribution is 2.43. The molecule has 0 amide bonds. The molecule has 0 fully saturated rings. The normalized spacial score (nSPS) is 17.4. The topological polar surface area (TPSA) is 21.3 Å². The second-order valence-electron chi connectivity index (χ2n) is 5.11. The third-order valence-electron chi connectivity index (χ3n) is 3.23. The van der Waals surface area contributed by atoms with E-state index in [9.17, 15) is 0 Å². The van der Waals surface area contributed by atoms with E-state index in [1.54, 1.807) is 0 Å². The van der Waals surface area contributed by atoms with Gasteiger partial charge in [-0.3, -0.25) is 0 Å². The van der Waals surface area contributed by atoms with Crippen LogP contribution in [0.5, 0.6) is 5.75 Å². The number of rotatable bonds is 0. The van der Waals surface area contributed by atoms with Crippen LogP contribution in [0.4, 0.5) is 5.69 Å². The van der Waals surface area contributed by atoms with E-state index in [2.05, 4.69) is 26.1 Å². The van der Waals surface area contributed by atoms with Crippen molar-refractivity contribution in [2.75, 3.05) is 11.9 Å². The fourth-order valence-corrected chi connectivity index (χ4v) is 2.27. The van der Waals surface area contributed by atoms with Crippen molar-refractivity contribution in [2.45, 2.75) is 40.2 Å². The summed E-state index contributed by atoms with van der Waals surface area (Å²) in [7, 11) is 0. The number of ether oxygens (including phenoxy) is 1. The van der Waals surface area contributed by atoms with E-state index in [-0.39, 0.29) is 5.60 Å². The summed E-state index contributed by atoms with van der Waals surface area (Å²) in [6.07, 6.45) is 0. The molecule has 1 aliphatic heterocycles. The molecule has 1 aromatic carbocycles. The van der Waals surface area contributed by atoms with E-state index >= 15 is 0 Å². The molecular weight excluding hydrogens is 222 g/mol. The maximum atomic E-state index is 6.30. The SMILES string of the molecule is Cc1c(C)c2c(c(C)c1Cl)NCC(C)(C)O2. The number of halogens is 1. The van der Waals surface area contributed by atoms with E-state index in [0.29, 0.717) is 0 Å². The lowest BCUT2D eigenvalue weighted by atomic mass is 9.99. The minimum atomic E-state index is -0.162. The Kier molecular flexibility index (Phi) is 2.58. The second-order valence-corrected chi connectivity index (χ2v) is 5.49. The van der Waals surface area contributed by atoms with Crippen LogP contribution in [0, 0.1) is 20.8 Å². The van der Waals surface area contributed by atoms with Crippen LogP contribution in [0.2, 0.25) is 5.02 Å². The van der Waals surface area contributed by atoms with Crippen molar-refractivity contribution >= 4 is 17.3 Å². The van der Waals surface area contributed by atoms with Gasteiger partial charge in [0, 0.05) is 5.02 Å². The summed E-state index contributed by atoms with van der Waals surface area (Å²) in [6.45, 7) is 11.1. The largest absolute Gasteiger partial charge is 0.484 e. The molecule has 1 aliphatic rings. The third kappa shape index (κ3) is 1.65. The number of fused-ring (bicyclic) bond motifs is 1. The van der Waals surface area contributed by atoms with Crippen LogP contribution < -0.4 is 10.1 Å². The van der Waals surface area contributed by atoms with Gasteiger partial charge in [0.2, 0.25) is 0 Å². The Morgan fingerprint density at radius 2 is 1.75 bits per heavy atom. The van der Waals surface area contributed by atoms with Gasteiger partial charge >= 0.3 is 0 Å². The highest BCUT2D eigenvalue weighted by atomic mass is 35.5. The van der Waals surface area contributed by atoms with Gasteiger partial charge in [-0.2, -0.15) is 0 Å². The van der Waals surface area contributed by atoms with Crippen LogP contribution >= 0.6 is 11.6 Å². The molecule has 0 radical (unpaired) electrons. The zero-order valence-electron chi connectivity index (χ0n) is 10.5. The van der Waals surface area contributed by atoms with Gasteiger partial charge in [0.05, 0.1) is 12.2 Å². The molecule has 88 valence electrons. The first-order chi connectivity index (χ1) is 7.33. The summed E-state index contributed by atoms with van der Waals surface area (Å²) in [5.41, 5.74) is 4.20. The molecule has 2 rings (SSSR count). The van der Waals surface area contributed by atoms with Crippen molar-refractivity contribution in [2.24, 2.45) is 0 Å². The Labute approximate surface area is 102 Å². The zero-order chi connectivity index (χ0) is 12.1. The van der Waals surface area contributed by atoms with Crippen molar-refractivity contribution in [3.63, 3.8) is 0 Å². The molecular formula is C13H18ClNO. The predicted molar refractivity (Wildman–Crippen MR) is 68.9 cm³/mol. The standard InChI is InChI=1S/C13H18ClNO/c1-7-8(2)12-11(9(3)10(7)14)15-6-13(4,5)16-12/h15H,6H2,1-5H3. The Balaban J connectivity index is 2.65. The first kappa shape index (κ1) is 11.6. The monoisotopic (exact) mass is 239 g/mol. The number of nitrogens with one attached hydrogen (secondary N) is 1. The average molecular weight is 240 g/mol. The van der Waals surface area contributed by atoms with Gasteiger partial charge < -0.3 is 10.1 Å². The molecule has 0 unspecified atom stereocenters. The maximum absolute atomic E-state index is 6.30. The third-order valence-corrected chi connectivity index (χ3v) is 3.80. The molecule has 0 atom stereocenters. The van der Waals surface area contributed by atoms with Gasteiger partial charge in [0.1, 0.15) is 11.4 Å². The van der Waals surface area contributed by atoms with Gasteiger partial charge in [-0.05, 0) is 51.3 Å². The van der Waals surface area contributed by atoms with Crippen LogP contribution in [0.15, 0.2) is 0 Å². The first-order valence-electron chi connectivity index (χ1n) is 5.55. The summed E-state index contributed by atoms with van der Waals surface area (Å²) in [5.74, 6) is 0.954. The Hall–Kier alpha value is -0.890. The molecule has 0 saturated carbocycles. The molecule has 0 bridgehead atoms. The number of anilines is 1. The minimum Gasteiger partial charge on any atom is -0.484 e. The maximum Gasteiger partial charge on any atom is 0.146 e. The minimum absolute atomic E-state index is 0.162. The van der Waals surface area contributed by atoms with Crippen molar-refractivity contribution in [3.8, 4) is 5.75 Å². The lowest BCUT2D eigenvalue weighted by Gasteiger charge is -2.36. The van der Waals surface area contributed by atoms with Crippen molar-refractivity contribution in [1.29, 1.82) is 0 Å². The lowest BCUT2D eigenvalue weighted by Crippen LogP contribution is -2.40. The summed E-state index contributed by atoms with van der Waals surface area (Å²) in [4.78, 5) is 0. The van der Waals surface area contributed by atoms with E-state index < -0.39 is 0 Å². The van der Waals surface area contributed by atoms with E-state index in [1.165, 1.54) is 0 Å². The van der Waals surface area contributed by atoms with Crippen LogP contribution in [0.25, 0.3) is 0 Å². The van der Waals surface area contributed by atoms with Crippen molar-refractivity contribution in [1.82, 2.24) is 0 Å². The number of hydrogen-bond acceptors (Lipinski definition) is 2. The second kappa shape index (κ2) is 3.56. The highest BCUT2D eigenvalue weighted by molar-refractivity contribution is 6.32. The van der Waals surface area contributed by atoms with Crippen LogP contribution in [-0.2, 0) is 0 Å². The van der Waals surface area contributed by atoms with Gasteiger partial charge in [-0.15, -0.1) is 0 Å². The van der Waals surface area contributed by atoms with Crippen LogP contribution in [0.1, 0.15) is 30.5 Å². The predicted octanol–water partition coefficient (Wildman–Crippen LogP) is 3.85. The zero-order valence-corrected chi connectivity index (χ0v) is 11.2. The molecule has 1 N–H and O–H groups in total. The van der Waals surface area contributed by atoms with E-state index in [4.69, 9.17) is 16.3 Å². The molecule has 3 heteroatoms. The van der Waals surface area contributed by atoms with Gasteiger partial charge in [0.25, 0.3) is 0 Å². The first-order valence-corrected chi connectivity index (χ1v) is 5.93. The summed E-state index contributed by atoms with van der Waals surface area (Å²) >= 11 is 6.30. The molecule has 0 spiro atoms. The highest BCUT2D eigenvalue weighted by Gasteiger charge is 2.30. The molecule has 2 nitrogen and oxygen atoms in total. The molecule has 0 aromatic heterocycles. The Morgan fingerprint density at radius 3 is 2.38 bits per heavy atom.